The highest BCUT2D eigenvalue weighted by molar-refractivity contribution is 5.73. The lowest BCUT2D eigenvalue weighted by Gasteiger charge is -2.26. The molecule has 0 radical (unpaired) electrons. The smallest absolute Gasteiger partial charge is 0.314 e. The van der Waals surface area contributed by atoms with Gasteiger partial charge in [-0.25, -0.2) is 4.79 Å². The largest absolute Gasteiger partial charge is 0.492 e. The average molecular weight is 291 g/mol. The van der Waals surface area contributed by atoms with Gasteiger partial charge in [0, 0.05) is 13.1 Å². The number of hydrogen-bond acceptors (Lipinski definition) is 3. The van der Waals surface area contributed by atoms with Crippen molar-refractivity contribution in [3.8, 4) is 5.75 Å². The number of hydrogen-bond donors (Lipinski definition) is 2. The number of benzene rings is 1. The molecule has 1 fully saturated rings. The van der Waals surface area contributed by atoms with Gasteiger partial charge in [-0.15, -0.1) is 0 Å². The van der Waals surface area contributed by atoms with Crippen molar-refractivity contribution in [2.45, 2.75) is 19.3 Å². The van der Waals surface area contributed by atoms with Crippen LogP contribution in [-0.2, 0) is 0 Å². The number of likely N-dealkylation sites (tertiary alicyclic amines) is 1. The highest BCUT2D eigenvalue weighted by Gasteiger charge is 2.09. The third-order valence-electron chi connectivity index (χ3n) is 3.56. The van der Waals surface area contributed by atoms with Crippen molar-refractivity contribution >= 4 is 6.03 Å². The molecule has 116 valence electrons. The quantitative estimate of drug-likeness (QED) is 0.754. The fourth-order valence-corrected chi connectivity index (χ4v) is 2.42. The summed E-state index contributed by atoms with van der Waals surface area (Å²) < 4.78 is 5.51. The molecule has 0 bridgehead atoms. The maximum Gasteiger partial charge on any atom is 0.314 e. The number of amides is 2. The van der Waals surface area contributed by atoms with Crippen LogP contribution in [0.1, 0.15) is 19.3 Å². The first-order valence-electron chi connectivity index (χ1n) is 7.76. The lowest BCUT2D eigenvalue weighted by molar-refractivity contribution is 0.219. The Morgan fingerprint density at radius 1 is 1.05 bits per heavy atom. The van der Waals surface area contributed by atoms with Crippen molar-refractivity contribution in [3.63, 3.8) is 0 Å². The number of urea groups is 1. The molecule has 0 aliphatic carbocycles. The number of carbonyl (C=O) groups is 1. The van der Waals surface area contributed by atoms with Gasteiger partial charge in [-0.3, -0.25) is 0 Å². The molecule has 1 saturated heterocycles. The van der Waals surface area contributed by atoms with Crippen molar-refractivity contribution in [3.05, 3.63) is 30.3 Å². The Morgan fingerprint density at radius 3 is 2.52 bits per heavy atom. The van der Waals surface area contributed by atoms with Crippen LogP contribution in [-0.4, -0.2) is 50.3 Å². The fraction of sp³-hybridized carbons (Fsp3) is 0.562. The molecule has 0 unspecified atom stereocenters. The first kappa shape index (κ1) is 15.6. The van der Waals surface area contributed by atoms with Crippen LogP contribution in [0, 0.1) is 0 Å². The lowest BCUT2D eigenvalue weighted by Crippen LogP contribution is -2.42. The molecule has 2 amide bonds. The lowest BCUT2D eigenvalue weighted by atomic mass is 10.1. The second kappa shape index (κ2) is 9.23. The van der Waals surface area contributed by atoms with E-state index in [1.165, 1.54) is 19.3 Å². The summed E-state index contributed by atoms with van der Waals surface area (Å²) in [6.07, 6.45) is 3.90. The molecule has 2 rings (SSSR count). The third-order valence-corrected chi connectivity index (χ3v) is 3.56. The van der Waals surface area contributed by atoms with Gasteiger partial charge in [0.1, 0.15) is 12.4 Å². The standard InChI is InChI=1S/C16H25N3O2/c20-16(17-9-13-19-11-5-2-6-12-19)18-10-14-21-15-7-3-1-4-8-15/h1,3-4,7-8H,2,5-6,9-14H2,(H2,17,18,20). The summed E-state index contributed by atoms with van der Waals surface area (Å²) in [4.78, 5) is 14.0. The molecule has 5 heteroatoms. The predicted molar refractivity (Wildman–Crippen MR) is 83.6 cm³/mol. The summed E-state index contributed by atoms with van der Waals surface area (Å²) in [5.74, 6) is 0.824. The van der Waals surface area contributed by atoms with Crippen LogP contribution in [0.2, 0.25) is 0 Å². The monoisotopic (exact) mass is 291 g/mol. The minimum atomic E-state index is -0.122. The van der Waals surface area contributed by atoms with E-state index >= 15 is 0 Å². The number of ether oxygens (including phenoxy) is 1. The van der Waals surface area contributed by atoms with Crippen LogP contribution in [0.4, 0.5) is 4.79 Å². The minimum Gasteiger partial charge on any atom is -0.492 e. The molecule has 2 N–H and O–H groups in total. The van der Waals surface area contributed by atoms with E-state index in [2.05, 4.69) is 15.5 Å². The van der Waals surface area contributed by atoms with E-state index in [9.17, 15) is 4.79 Å². The Kier molecular flexibility index (Phi) is 6.88. The zero-order valence-electron chi connectivity index (χ0n) is 12.5. The Balaban J connectivity index is 1.47. The Hall–Kier alpha value is -1.75. The van der Waals surface area contributed by atoms with E-state index in [0.29, 0.717) is 19.7 Å². The zero-order chi connectivity index (χ0) is 14.8. The second-order valence-electron chi connectivity index (χ2n) is 5.25. The van der Waals surface area contributed by atoms with Crippen LogP contribution in [0.3, 0.4) is 0 Å². The first-order valence-corrected chi connectivity index (χ1v) is 7.76. The highest BCUT2D eigenvalue weighted by atomic mass is 16.5. The van der Waals surface area contributed by atoms with Crippen molar-refractivity contribution < 1.29 is 9.53 Å². The Morgan fingerprint density at radius 2 is 1.76 bits per heavy atom. The van der Waals surface area contributed by atoms with Crippen LogP contribution >= 0.6 is 0 Å². The summed E-state index contributed by atoms with van der Waals surface area (Å²) in [7, 11) is 0. The van der Waals surface area contributed by atoms with Crippen LogP contribution in [0.5, 0.6) is 5.75 Å². The first-order chi connectivity index (χ1) is 10.3. The van der Waals surface area contributed by atoms with Crippen molar-refractivity contribution in [1.82, 2.24) is 15.5 Å². The van der Waals surface area contributed by atoms with Gasteiger partial charge in [0.15, 0.2) is 0 Å². The van der Waals surface area contributed by atoms with Crippen molar-refractivity contribution in [2.24, 2.45) is 0 Å². The molecule has 0 spiro atoms. The van der Waals surface area contributed by atoms with Gasteiger partial charge in [0.25, 0.3) is 0 Å². The van der Waals surface area contributed by atoms with Crippen molar-refractivity contribution in [2.75, 3.05) is 39.3 Å². The van der Waals surface area contributed by atoms with E-state index in [0.717, 1.165) is 25.4 Å². The van der Waals surface area contributed by atoms with E-state index in [-0.39, 0.29) is 6.03 Å². The zero-order valence-corrected chi connectivity index (χ0v) is 12.5. The minimum absolute atomic E-state index is 0.122. The molecule has 21 heavy (non-hydrogen) atoms. The van der Waals surface area contributed by atoms with Gasteiger partial charge in [-0.2, -0.15) is 0 Å². The van der Waals surface area contributed by atoms with Gasteiger partial charge >= 0.3 is 6.03 Å². The predicted octanol–water partition coefficient (Wildman–Crippen LogP) is 1.85. The SMILES string of the molecule is O=C(NCCOc1ccccc1)NCCN1CCCCC1. The van der Waals surface area contributed by atoms with Crippen LogP contribution in [0.25, 0.3) is 0 Å². The normalized spacial score (nSPS) is 15.4. The number of para-hydroxylation sites is 1. The summed E-state index contributed by atoms with van der Waals surface area (Å²) in [5, 5.41) is 5.68. The molecule has 1 aromatic carbocycles. The van der Waals surface area contributed by atoms with E-state index in [1.54, 1.807) is 0 Å². The highest BCUT2D eigenvalue weighted by Crippen LogP contribution is 2.07. The number of piperidine rings is 1. The molecule has 0 atom stereocenters. The maximum absolute atomic E-state index is 11.6. The second-order valence-corrected chi connectivity index (χ2v) is 5.25. The molecular formula is C16H25N3O2. The number of nitrogens with zero attached hydrogens (tertiary/aromatic N) is 1. The summed E-state index contributed by atoms with van der Waals surface area (Å²) in [6.45, 7) is 4.94. The van der Waals surface area contributed by atoms with E-state index in [4.69, 9.17) is 4.74 Å². The van der Waals surface area contributed by atoms with Gasteiger partial charge in [0.05, 0.1) is 6.54 Å². The van der Waals surface area contributed by atoms with Crippen molar-refractivity contribution in [1.29, 1.82) is 0 Å². The van der Waals surface area contributed by atoms with Gasteiger partial charge in [-0.05, 0) is 38.1 Å². The summed E-state index contributed by atoms with van der Waals surface area (Å²) >= 11 is 0. The summed E-state index contributed by atoms with van der Waals surface area (Å²) in [5.41, 5.74) is 0. The van der Waals surface area contributed by atoms with Gasteiger partial charge in [-0.1, -0.05) is 24.6 Å². The van der Waals surface area contributed by atoms with E-state index < -0.39 is 0 Å². The van der Waals surface area contributed by atoms with Gasteiger partial charge < -0.3 is 20.3 Å². The molecule has 0 saturated carbocycles. The molecule has 1 aromatic rings. The molecule has 1 aliphatic rings. The van der Waals surface area contributed by atoms with Gasteiger partial charge in [0.2, 0.25) is 0 Å². The molecule has 1 aliphatic heterocycles. The summed E-state index contributed by atoms with van der Waals surface area (Å²) in [6, 6.07) is 9.48. The fourth-order valence-electron chi connectivity index (χ4n) is 2.42. The number of nitrogens with one attached hydrogen (secondary N) is 2. The molecule has 1 heterocycles. The topological polar surface area (TPSA) is 53.6 Å². The average Bonchev–Trinajstić information content (AvgIpc) is 2.54. The molecule has 5 nitrogen and oxygen atoms in total. The van der Waals surface area contributed by atoms with E-state index in [1.807, 2.05) is 30.3 Å². The van der Waals surface area contributed by atoms with Crippen LogP contribution < -0.4 is 15.4 Å². The Bertz CT molecular complexity index is 405. The number of carbonyl (C=O) groups excluding carboxylic acids is 1. The Labute approximate surface area is 126 Å². The molecular weight excluding hydrogens is 266 g/mol. The number of rotatable bonds is 7. The third kappa shape index (κ3) is 6.49. The molecule has 0 aromatic heterocycles. The maximum atomic E-state index is 11.6. The van der Waals surface area contributed by atoms with Crippen LogP contribution in [0.15, 0.2) is 30.3 Å².